The van der Waals surface area contributed by atoms with Gasteiger partial charge in [0.1, 0.15) is 6.61 Å². The quantitative estimate of drug-likeness (QED) is 0.842. The fraction of sp³-hybridized carbons (Fsp3) is 0.385. The second-order valence-corrected chi connectivity index (χ2v) is 3.09. The molecule has 1 aromatic carbocycles. The molecule has 0 saturated heterocycles. The molecule has 18 heavy (non-hydrogen) atoms. The molecule has 0 aliphatic rings. The smallest absolute Gasteiger partial charge is 0.411 e. The lowest BCUT2D eigenvalue weighted by Gasteiger charge is -2.05. The largest absolute Gasteiger partial charge is 0.461 e. The average molecular weight is 255 g/mol. The minimum atomic E-state index is -0.521. The molecule has 102 valence electrons. The molecule has 5 heteroatoms. The van der Waals surface area contributed by atoms with Gasteiger partial charge in [-0.3, -0.25) is 10.1 Å². The van der Waals surface area contributed by atoms with Crippen molar-refractivity contribution in [3.05, 3.63) is 29.8 Å². The maximum atomic E-state index is 10.9. The molecule has 0 aliphatic carbocycles. The summed E-state index contributed by atoms with van der Waals surface area (Å²) in [6, 6.07) is 6.92. The van der Waals surface area contributed by atoms with Gasteiger partial charge >= 0.3 is 12.1 Å². The Bertz CT molecular complexity index is 379. The van der Waals surface area contributed by atoms with Gasteiger partial charge in [0, 0.05) is 14.0 Å². The van der Waals surface area contributed by atoms with Gasteiger partial charge in [-0.05, 0) is 17.7 Å². The number of benzene rings is 1. The molecular formula is C13H21NO4. The number of methoxy groups -OCH3 is 1. The Morgan fingerprint density at radius 1 is 1.22 bits per heavy atom. The van der Waals surface area contributed by atoms with Gasteiger partial charge in [0.05, 0.1) is 7.11 Å². The molecule has 0 aromatic heterocycles. The van der Waals surface area contributed by atoms with E-state index in [0.717, 1.165) is 5.56 Å². The van der Waals surface area contributed by atoms with Crippen LogP contribution in [-0.2, 0) is 20.9 Å². The first-order valence-corrected chi connectivity index (χ1v) is 5.69. The van der Waals surface area contributed by atoms with Crippen molar-refractivity contribution in [1.82, 2.24) is 0 Å². The number of nitrogens with one attached hydrogen (secondary N) is 1. The minimum absolute atomic E-state index is 0. The Hall–Kier alpha value is -2.04. The summed E-state index contributed by atoms with van der Waals surface area (Å²) in [5.74, 6) is -0.322. The van der Waals surface area contributed by atoms with Crippen molar-refractivity contribution in [1.29, 1.82) is 0 Å². The Labute approximate surface area is 109 Å². The van der Waals surface area contributed by atoms with Crippen molar-refractivity contribution in [2.75, 3.05) is 12.4 Å². The molecule has 0 heterocycles. The van der Waals surface area contributed by atoms with Crippen molar-refractivity contribution < 1.29 is 20.5 Å². The van der Waals surface area contributed by atoms with Crippen LogP contribution in [0.4, 0.5) is 10.5 Å². The van der Waals surface area contributed by atoms with Crippen LogP contribution < -0.4 is 5.32 Å². The highest BCUT2D eigenvalue weighted by molar-refractivity contribution is 5.84. The van der Waals surface area contributed by atoms with E-state index in [2.05, 4.69) is 10.1 Å². The van der Waals surface area contributed by atoms with Crippen molar-refractivity contribution >= 4 is 17.7 Å². The lowest BCUT2D eigenvalue weighted by atomic mass is 10.2. The molecule has 5 nitrogen and oxygen atoms in total. The van der Waals surface area contributed by atoms with E-state index < -0.39 is 6.09 Å². The maximum absolute atomic E-state index is 10.9. The average Bonchev–Trinajstić information content (AvgIpc) is 2.40. The number of ether oxygens (including phenoxy) is 2. The monoisotopic (exact) mass is 255 g/mol. The Morgan fingerprint density at radius 2 is 1.78 bits per heavy atom. The fourth-order valence-electron chi connectivity index (χ4n) is 1.04. The zero-order valence-corrected chi connectivity index (χ0v) is 11.1. The molecule has 0 spiro atoms. The van der Waals surface area contributed by atoms with Gasteiger partial charge in [-0.1, -0.05) is 26.0 Å². The van der Waals surface area contributed by atoms with Gasteiger partial charge in [0.15, 0.2) is 0 Å². The topological polar surface area (TPSA) is 64.6 Å². The van der Waals surface area contributed by atoms with Crippen LogP contribution in [-0.4, -0.2) is 19.2 Å². The van der Waals surface area contributed by atoms with E-state index in [0.29, 0.717) is 5.69 Å². The van der Waals surface area contributed by atoms with Gasteiger partial charge in [0.25, 0.3) is 0 Å². The number of rotatable bonds is 3. The standard InChI is InChI=1S/C11H13NO4.C2H6.H2/c1-8(13)16-7-9-3-5-10(6-4-9)12-11(14)15-2;1-2;/h3-6H,7H2,1-2H3,(H,12,14);1-2H3;1H. The predicted molar refractivity (Wildman–Crippen MR) is 71.4 cm³/mol. The van der Waals surface area contributed by atoms with E-state index in [9.17, 15) is 9.59 Å². The lowest BCUT2D eigenvalue weighted by molar-refractivity contribution is -0.142. The Balaban J connectivity index is 0. The molecule has 1 rings (SSSR count). The van der Waals surface area contributed by atoms with Crippen molar-refractivity contribution in [2.45, 2.75) is 27.4 Å². The van der Waals surface area contributed by atoms with E-state index in [1.165, 1.54) is 14.0 Å². The van der Waals surface area contributed by atoms with E-state index in [1.807, 2.05) is 13.8 Å². The van der Waals surface area contributed by atoms with Gasteiger partial charge in [-0.2, -0.15) is 0 Å². The summed E-state index contributed by atoms with van der Waals surface area (Å²) in [5, 5.41) is 2.51. The third-order valence-corrected chi connectivity index (χ3v) is 1.83. The van der Waals surface area contributed by atoms with Crippen molar-refractivity contribution in [3.63, 3.8) is 0 Å². The van der Waals surface area contributed by atoms with Crippen molar-refractivity contribution in [3.8, 4) is 0 Å². The highest BCUT2D eigenvalue weighted by atomic mass is 16.5. The normalized spacial score (nSPS) is 8.67. The molecule has 0 atom stereocenters. The van der Waals surface area contributed by atoms with E-state index in [1.54, 1.807) is 24.3 Å². The zero-order chi connectivity index (χ0) is 14.0. The predicted octanol–water partition coefficient (Wildman–Crippen LogP) is 3.20. The summed E-state index contributed by atoms with van der Waals surface area (Å²) in [6.07, 6.45) is -0.521. The van der Waals surface area contributed by atoms with Crippen LogP contribution in [0.1, 0.15) is 27.8 Å². The number of amides is 1. The first kappa shape index (κ1) is 16.0. The van der Waals surface area contributed by atoms with Gasteiger partial charge < -0.3 is 9.47 Å². The Morgan fingerprint density at radius 3 is 2.22 bits per heavy atom. The number of esters is 1. The summed E-state index contributed by atoms with van der Waals surface area (Å²) in [4.78, 5) is 21.5. The number of hydrogen-bond acceptors (Lipinski definition) is 4. The number of hydrogen-bond donors (Lipinski definition) is 1. The zero-order valence-electron chi connectivity index (χ0n) is 11.1. The molecule has 0 unspecified atom stereocenters. The van der Waals surface area contributed by atoms with Crippen LogP contribution in [0.3, 0.4) is 0 Å². The molecule has 0 bridgehead atoms. The second-order valence-electron chi connectivity index (χ2n) is 3.09. The highest BCUT2D eigenvalue weighted by Gasteiger charge is 2.01. The van der Waals surface area contributed by atoms with Gasteiger partial charge in [-0.15, -0.1) is 0 Å². The lowest BCUT2D eigenvalue weighted by Crippen LogP contribution is -2.10. The summed E-state index contributed by atoms with van der Waals surface area (Å²) in [5.41, 5.74) is 1.48. The molecule has 1 aromatic rings. The molecule has 0 aliphatic heterocycles. The first-order valence-electron chi connectivity index (χ1n) is 5.69. The second kappa shape index (κ2) is 9.04. The van der Waals surface area contributed by atoms with E-state index in [4.69, 9.17) is 4.74 Å². The van der Waals surface area contributed by atoms with Crippen LogP contribution >= 0.6 is 0 Å². The Kier molecular flexibility index (Phi) is 8.01. The number of anilines is 1. The third kappa shape index (κ3) is 6.52. The van der Waals surface area contributed by atoms with Gasteiger partial charge in [-0.25, -0.2) is 4.79 Å². The summed E-state index contributed by atoms with van der Waals surface area (Å²) in [6.45, 7) is 5.58. The van der Waals surface area contributed by atoms with Crippen LogP contribution in [0.5, 0.6) is 0 Å². The van der Waals surface area contributed by atoms with Gasteiger partial charge in [0.2, 0.25) is 0 Å². The molecule has 0 fully saturated rings. The molecular weight excluding hydrogens is 234 g/mol. The SMILES string of the molecule is CC.COC(=O)Nc1ccc(COC(C)=O)cc1.[HH]. The molecule has 1 amide bonds. The van der Waals surface area contributed by atoms with Crippen LogP contribution in [0, 0.1) is 0 Å². The first-order chi connectivity index (χ1) is 8.61. The van der Waals surface area contributed by atoms with Crippen LogP contribution in [0.15, 0.2) is 24.3 Å². The van der Waals surface area contributed by atoms with E-state index >= 15 is 0 Å². The number of carbonyl (C=O) groups excluding carboxylic acids is 2. The molecule has 0 saturated carbocycles. The fourth-order valence-corrected chi connectivity index (χ4v) is 1.04. The van der Waals surface area contributed by atoms with Crippen LogP contribution in [0.25, 0.3) is 0 Å². The van der Waals surface area contributed by atoms with E-state index in [-0.39, 0.29) is 14.0 Å². The van der Waals surface area contributed by atoms with Crippen LogP contribution in [0.2, 0.25) is 0 Å². The highest BCUT2D eigenvalue weighted by Crippen LogP contribution is 2.10. The molecule has 1 N–H and O–H groups in total. The summed E-state index contributed by atoms with van der Waals surface area (Å²) in [7, 11) is 1.30. The maximum Gasteiger partial charge on any atom is 0.411 e. The summed E-state index contributed by atoms with van der Waals surface area (Å²) >= 11 is 0. The number of carbonyl (C=O) groups is 2. The summed E-state index contributed by atoms with van der Waals surface area (Å²) < 4.78 is 9.26. The third-order valence-electron chi connectivity index (χ3n) is 1.83. The molecule has 0 radical (unpaired) electrons. The van der Waals surface area contributed by atoms with Crippen molar-refractivity contribution in [2.24, 2.45) is 0 Å². The minimum Gasteiger partial charge on any atom is -0.461 e.